The van der Waals surface area contributed by atoms with E-state index in [1.807, 2.05) is 52.7 Å². The van der Waals surface area contributed by atoms with E-state index in [9.17, 15) is 9.90 Å². The number of nitrogens with zero attached hydrogens (tertiary/aromatic N) is 2. The van der Waals surface area contributed by atoms with Crippen LogP contribution in [0.15, 0.2) is 53.9 Å². The van der Waals surface area contributed by atoms with Gasteiger partial charge in [-0.3, -0.25) is 4.79 Å². The molecule has 3 rings (SSSR count). The minimum absolute atomic E-state index is 0.0191. The largest absolute Gasteiger partial charge is 0.486 e. The predicted molar refractivity (Wildman–Crippen MR) is 124 cm³/mol. The van der Waals surface area contributed by atoms with Gasteiger partial charge in [-0.2, -0.15) is 0 Å². The van der Waals surface area contributed by atoms with Crippen molar-refractivity contribution in [1.29, 1.82) is 0 Å². The Morgan fingerprint density at radius 1 is 1.19 bits per heavy atom. The number of hydrogen-bond donors (Lipinski definition) is 1. The lowest BCUT2D eigenvalue weighted by atomic mass is 10.0. The fourth-order valence-corrected chi connectivity index (χ4v) is 4.02. The van der Waals surface area contributed by atoms with Crippen LogP contribution in [-0.2, 0) is 19.8 Å². The Bertz CT molecular complexity index is 1010. The third-order valence-corrected chi connectivity index (χ3v) is 6.32. The molecule has 0 aliphatic carbocycles. The quantitative estimate of drug-likeness (QED) is 0.456. The van der Waals surface area contributed by atoms with Gasteiger partial charge >= 0.3 is 0 Å². The molecule has 0 spiro atoms. The molecule has 0 aliphatic rings. The summed E-state index contributed by atoms with van der Waals surface area (Å²) >= 11 is 7.72. The zero-order valence-electron chi connectivity index (χ0n) is 17.9. The van der Waals surface area contributed by atoms with Crippen LogP contribution < -0.4 is 4.74 Å². The van der Waals surface area contributed by atoms with Crippen LogP contribution >= 0.6 is 22.9 Å². The zero-order valence-corrected chi connectivity index (χ0v) is 19.5. The highest BCUT2D eigenvalue weighted by molar-refractivity contribution is 7.09. The SMILES string of the molecule is CC(C)C(C)N(Cc1cc(Cl)ccc1OCc1nc(CO)cs1)C(=O)c1ccccc1. The fourth-order valence-electron chi connectivity index (χ4n) is 3.13. The number of amides is 1. The van der Waals surface area contributed by atoms with Crippen LogP contribution in [0.4, 0.5) is 0 Å². The lowest BCUT2D eigenvalue weighted by Crippen LogP contribution is -2.41. The highest BCUT2D eigenvalue weighted by Crippen LogP contribution is 2.28. The Kier molecular flexibility index (Phi) is 8.07. The summed E-state index contributed by atoms with van der Waals surface area (Å²) in [4.78, 5) is 19.5. The maximum Gasteiger partial charge on any atom is 0.254 e. The lowest BCUT2D eigenvalue weighted by Gasteiger charge is -2.32. The summed E-state index contributed by atoms with van der Waals surface area (Å²) < 4.78 is 6.03. The van der Waals surface area contributed by atoms with Crippen LogP contribution in [-0.4, -0.2) is 26.9 Å². The van der Waals surface area contributed by atoms with Gasteiger partial charge in [-0.15, -0.1) is 11.3 Å². The molecule has 0 radical (unpaired) electrons. The summed E-state index contributed by atoms with van der Waals surface area (Å²) in [6, 6.07) is 14.8. The first-order valence-corrected chi connectivity index (χ1v) is 11.5. The second kappa shape index (κ2) is 10.8. The Labute approximate surface area is 192 Å². The van der Waals surface area contributed by atoms with E-state index in [0.717, 1.165) is 10.6 Å². The number of carbonyl (C=O) groups is 1. The van der Waals surface area contributed by atoms with Crippen molar-refractivity contribution >= 4 is 28.8 Å². The van der Waals surface area contributed by atoms with Gasteiger partial charge in [-0.1, -0.05) is 43.6 Å². The average Bonchev–Trinajstić information content (AvgIpc) is 3.24. The molecule has 1 amide bonds. The van der Waals surface area contributed by atoms with Crippen molar-refractivity contribution in [2.45, 2.75) is 46.6 Å². The van der Waals surface area contributed by atoms with Gasteiger partial charge in [0.1, 0.15) is 17.4 Å². The molecule has 31 heavy (non-hydrogen) atoms. The number of rotatable bonds is 9. The van der Waals surface area contributed by atoms with Crippen LogP contribution in [0.2, 0.25) is 5.02 Å². The first kappa shape index (κ1) is 23.3. The van der Waals surface area contributed by atoms with E-state index in [4.69, 9.17) is 16.3 Å². The summed E-state index contributed by atoms with van der Waals surface area (Å²) in [5.41, 5.74) is 2.12. The Morgan fingerprint density at radius 3 is 2.58 bits per heavy atom. The molecule has 1 unspecified atom stereocenters. The van der Waals surface area contributed by atoms with Crippen LogP contribution in [0.3, 0.4) is 0 Å². The fraction of sp³-hybridized carbons (Fsp3) is 0.333. The van der Waals surface area contributed by atoms with Crippen molar-refractivity contribution in [3.05, 3.63) is 80.8 Å². The van der Waals surface area contributed by atoms with Gasteiger partial charge in [0.15, 0.2) is 0 Å². The van der Waals surface area contributed by atoms with Crippen molar-refractivity contribution in [2.24, 2.45) is 5.92 Å². The van der Waals surface area contributed by atoms with Gasteiger partial charge < -0.3 is 14.7 Å². The van der Waals surface area contributed by atoms with Crippen LogP contribution in [0.5, 0.6) is 5.75 Å². The third-order valence-electron chi connectivity index (χ3n) is 5.21. The minimum atomic E-state index is -0.0909. The van der Waals surface area contributed by atoms with Crippen molar-refractivity contribution in [2.75, 3.05) is 0 Å². The van der Waals surface area contributed by atoms with Gasteiger partial charge in [-0.25, -0.2) is 4.98 Å². The molecule has 5 nitrogen and oxygen atoms in total. The van der Waals surface area contributed by atoms with Crippen LogP contribution in [0.1, 0.15) is 47.4 Å². The average molecular weight is 459 g/mol. The molecular weight excluding hydrogens is 432 g/mol. The number of thiazole rings is 1. The van der Waals surface area contributed by atoms with Gasteiger partial charge in [0, 0.05) is 34.1 Å². The minimum Gasteiger partial charge on any atom is -0.486 e. The monoisotopic (exact) mass is 458 g/mol. The molecule has 0 bridgehead atoms. The lowest BCUT2D eigenvalue weighted by molar-refractivity contribution is 0.0625. The van der Waals surface area contributed by atoms with Crippen molar-refractivity contribution in [1.82, 2.24) is 9.88 Å². The number of hydrogen-bond acceptors (Lipinski definition) is 5. The van der Waals surface area contributed by atoms with E-state index in [2.05, 4.69) is 25.8 Å². The second-order valence-electron chi connectivity index (χ2n) is 7.72. The van der Waals surface area contributed by atoms with Gasteiger partial charge in [0.25, 0.3) is 5.91 Å². The Balaban J connectivity index is 1.86. The number of aromatic nitrogens is 1. The Hall–Kier alpha value is -2.41. The number of benzene rings is 2. The summed E-state index contributed by atoms with van der Waals surface area (Å²) in [5, 5.41) is 12.4. The maximum absolute atomic E-state index is 13.3. The first-order chi connectivity index (χ1) is 14.9. The predicted octanol–water partition coefficient (Wildman–Crippen LogP) is 5.55. The van der Waals surface area contributed by atoms with E-state index in [-0.39, 0.29) is 31.1 Å². The Morgan fingerprint density at radius 2 is 1.94 bits per heavy atom. The van der Waals surface area contributed by atoms with Gasteiger partial charge in [-0.05, 0) is 43.2 Å². The molecule has 0 saturated carbocycles. The number of aliphatic hydroxyl groups is 1. The van der Waals surface area contributed by atoms with E-state index >= 15 is 0 Å². The molecule has 164 valence electrons. The summed E-state index contributed by atoms with van der Waals surface area (Å²) in [7, 11) is 0. The van der Waals surface area contributed by atoms with E-state index in [1.54, 1.807) is 6.07 Å². The summed E-state index contributed by atoms with van der Waals surface area (Å²) in [5.74, 6) is 0.913. The number of ether oxygens (including phenoxy) is 1. The number of aliphatic hydroxyl groups excluding tert-OH is 1. The molecular formula is C24H27ClN2O3S. The van der Waals surface area contributed by atoms with Crippen molar-refractivity contribution < 1.29 is 14.6 Å². The molecule has 3 aromatic rings. The highest BCUT2D eigenvalue weighted by atomic mass is 35.5. The summed E-state index contributed by atoms with van der Waals surface area (Å²) in [6.45, 7) is 6.84. The molecule has 0 saturated heterocycles. The van der Waals surface area contributed by atoms with Crippen LogP contribution in [0.25, 0.3) is 0 Å². The molecule has 0 aliphatic heterocycles. The molecule has 0 fully saturated rings. The van der Waals surface area contributed by atoms with Crippen LogP contribution in [0, 0.1) is 5.92 Å². The molecule has 1 N–H and O–H groups in total. The molecule has 1 heterocycles. The molecule has 7 heteroatoms. The number of carbonyl (C=O) groups excluding carboxylic acids is 1. The van der Waals surface area contributed by atoms with Gasteiger partial charge in [0.2, 0.25) is 0 Å². The number of halogens is 1. The molecule has 2 aromatic carbocycles. The normalized spacial score (nSPS) is 12.1. The van der Waals surface area contributed by atoms with E-state index in [1.165, 1.54) is 11.3 Å². The first-order valence-electron chi connectivity index (χ1n) is 10.2. The zero-order chi connectivity index (χ0) is 22.4. The third kappa shape index (κ3) is 6.06. The smallest absolute Gasteiger partial charge is 0.254 e. The maximum atomic E-state index is 13.3. The van der Waals surface area contributed by atoms with Crippen molar-refractivity contribution in [3.63, 3.8) is 0 Å². The standard InChI is InChI=1S/C24H27ClN2O3S/c1-16(2)17(3)27(24(29)18-7-5-4-6-8-18)12-19-11-20(25)9-10-22(19)30-14-23-26-21(13-28)15-31-23/h4-11,15-17,28H,12-14H2,1-3H3. The van der Waals surface area contributed by atoms with Gasteiger partial charge in [0.05, 0.1) is 12.3 Å². The van der Waals surface area contributed by atoms with E-state index < -0.39 is 0 Å². The topological polar surface area (TPSA) is 62.7 Å². The van der Waals surface area contributed by atoms with Crippen molar-refractivity contribution in [3.8, 4) is 5.75 Å². The highest BCUT2D eigenvalue weighted by Gasteiger charge is 2.25. The summed E-state index contributed by atoms with van der Waals surface area (Å²) in [6.07, 6.45) is 0. The van der Waals surface area contributed by atoms with E-state index in [0.29, 0.717) is 28.6 Å². The molecule has 1 aromatic heterocycles. The molecule has 1 atom stereocenters. The second-order valence-corrected chi connectivity index (χ2v) is 9.09.